The van der Waals surface area contributed by atoms with Crippen LogP contribution >= 0.6 is 0 Å². The SMILES string of the molecule is CCCCCCCCC(C)CC(CCCCC)CCCCCCC. The minimum Gasteiger partial charge on any atom is -0.0654 e. The molecule has 0 aromatic carbocycles. The first kappa shape index (κ1) is 24.0. The third kappa shape index (κ3) is 16.8. The van der Waals surface area contributed by atoms with Crippen molar-refractivity contribution in [3.8, 4) is 0 Å². The van der Waals surface area contributed by atoms with Crippen molar-refractivity contribution in [3.05, 3.63) is 0 Å². The van der Waals surface area contributed by atoms with E-state index in [9.17, 15) is 0 Å². The van der Waals surface area contributed by atoms with E-state index < -0.39 is 0 Å². The van der Waals surface area contributed by atoms with Crippen LogP contribution in [0, 0.1) is 11.8 Å². The Bertz CT molecular complexity index is 220. The molecule has 0 nitrogen and oxygen atoms in total. The second-order valence-electron chi connectivity index (χ2n) is 8.46. The third-order valence-electron chi connectivity index (χ3n) is 5.72. The summed E-state index contributed by atoms with van der Waals surface area (Å²) < 4.78 is 0. The Hall–Kier alpha value is 0. The number of hydrogen-bond acceptors (Lipinski definition) is 0. The van der Waals surface area contributed by atoms with Crippen molar-refractivity contribution >= 4 is 0 Å². The van der Waals surface area contributed by atoms with E-state index in [0.29, 0.717) is 0 Å². The van der Waals surface area contributed by atoms with Gasteiger partial charge in [0.2, 0.25) is 0 Å². The van der Waals surface area contributed by atoms with Crippen LogP contribution in [0.1, 0.15) is 143 Å². The monoisotopic (exact) mass is 338 g/mol. The Morgan fingerprint density at radius 1 is 0.458 bits per heavy atom. The maximum Gasteiger partial charge on any atom is -0.0412 e. The minimum atomic E-state index is 0.957. The van der Waals surface area contributed by atoms with Gasteiger partial charge in [0, 0.05) is 0 Å². The maximum absolute atomic E-state index is 2.52. The molecule has 0 aromatic heterocycles. The molecule has 0 saturated heterocycles. The van der Waals surface area contributed by atoms with Gasteiger partial charge in [-0.15, -0.1) is 0 Å². The van der Waals surface area contributed by atoms with Crippen LogP contribution < -0.4 is 0 Å². The highest BCUT2D eigenvalue weighted by Gasteiger charge is 2.13. The average Bonchev–Trinajstić information content (AvgIpc) is 2.57. The zero-order valence-corrected chi connectivity index (χ0v) is 17.9. The van der Waals surface area contributed by atoms with Crippen LogP contribution in [0.2, 0.25) is 0 Å². The molecule has 0 aliphatic carbocycles. The summed E-state index contributed by atoms with van der Waals surface area (Å²) in [6.07, 6.45) is 26.2. The molecule has 0 fully saturated rings. The molecule has 0 aliphatic heterocycles. The third-order valence-corrected chi connectivity index (χ3v) is 5.72. The Labute approximate surface area is 155 Å². The summed E-state index contributed by atoms with van der Waals surface area (Å²) in [6, 6.07) is 0. The Morgan fingerprint density at radius 3 is 1.38 bits per heavy atom. The van der Waals surface area contributed by atoms with Gasteiger partial charge < -0.3 is 0 Å². The first-order valence-electron chi connectivity index (χ1n) is 11.7. The lowest BCUT2D eigenvalue weighted by Gasteiger charge is -2.21. The summed E-state index contributed by atoms with van der Waals surface area (Å²) in [6.45, 7) is 9.48. The van der Waals surface area contributed by atoms with Gasteiger partial charge in [-0.1, -0.05) is 137 Å². The summed E-state index contributed by atoms with van der Waals surface area (Å²) in [4.78, 5) is 0. The summed E-state index contributed by atoms with van der Waals surface area (Å²) in [5.41, 5.74) is 0. The van der Waals surface area contributed by atoms with Gasteiger partial charge in [0.05, 0.1) is 0 Å². The molecule has 0 N–H and O–H groups in total. The highest BCUT2D eigenvalue weighted by molar-refractivity contribution is 4.65. The fourth-order valence-electron chi connectivity index (χ4n) is 4.06. The maximum atomic E-state index is 2.52. The van der Waals surface area contributed by atoms with Gasteiger partial charge >= 0.3 is 0 Å². The van der Waals surface area contributed by atoms with Crippen molar-refractivity contribution in [2.24, 2.45) is 11.8 Å². The summed E-state index contributed by atoms with van der Waals surface area (Å²) in [5, 5.41) is 0. The molecule has 0 amide bonds. The Morgan fingerprint density at radius 2 is 0.833 bits per heavy atom. The van der Waals surface area contributed by atoms with Crippen molar-refractivity contribution in [3.63, 3.8) is 0 Å². The second kappa shape index (κ2) is 19.3. The van der Waals surface area contributed by atoms with Gasteiger partial charge in [-0.25, -0.2) is 0 Å². The fourth-order valence-corrected chi connectivity index (χ4v) is 4.06. The molecule has 0 bridgehead atoms. The van der Waals surface area contributed by atoms with Crippen LogP contribution in [0.25, 0.3) is 0 Å². The molecule has 146 valence electrons. The molecule has 0 heterocycles. The fraction of sp³-hybridized carbons (Fsp3) is 1.00. The zero-order valence-electron chi connectivity index (χ0n) is 17.9. The van der Waals surface area contributed by atoms with E-state index in [-0.39, 0.29) is 0 Å². The van der Waals surface area contributed by atoms with E-state index in [2.05, 4.69) is 27.7 Å². The van der Waals surface area contributed by atoms with Crippen molar-refractivity contribution in [1.29, 1.82) is 0 Å². The van der Waals surface area contributed by atoms with Crippen LogP contribution in [0.4, 0.5) is 0 Å². The summed E-state index contributed by atoms with van der Waals surface area (Å²) in [5.74, 6) is 1.98. The molecular formula is C24H50. The number of rotatable bonds is 19. The van der Waals surface area contributed by atoms with Gasteiger partial charge in [0.15, 0.2) is 0 Å². The van der Waals surface area contributed by atoms with Crippen molar-refractivity contribution in [1.82, 2.24) is 0 Å². The van der Waals surface area contributed by atoms with E-state index in [1.54, 1.807) is 0 Å². The topological polar surface area (TPSA) is 0 Å². The van der Waals surface area contributed by atoms with E-state index >= 15 is 0 Å². The lowest BCUT2D eigenvalue weighted by molar-refractivity contribution is 0.314. The van der Waals surface area contributed by atoms with Gasteiger partial charge in [-0.05, 0) is 18.3 Å². The molecule has 0 aliphatic rings. The van der Waals surface area contributed by atoms with Gasteiger partial charge in [-0.2, -0.15) is 0 Å². The van der Waals surface area contributed by atoms with E-state index in [0.717, 1.165) is 11.8 Å². The second-order valence-corrected chi connectivity index (χ2v) is 8.46. The van der Waals surface area contributed by atoms with Crippen LogP contribution in [-0.2, 0) is 0 Å². The molecule has 24 heavy (non-hydrogen) atoms. The predicted octanol–water partition coefficient (Wildman–Crippen LogP) is 9.32. The molecule has 0 heteroatoms. The number of unbranched alkanes of at least 4 members (excludes halogenated alkanes) is 11. The van der Waals surface area contributed by atoms with Crippen LogP contribution in [0.15, 0.2) is 0 Å². The average molecular weight is 339 g/mol. The summed E-state index contributed by atoms with van der Waals surface area (Å²) in [7, 11) is 0. The van der Waals surface area contributed by atoms with Crippen LogP contribution in [0.3, 0.4) is 0 Å². The largest absolute Gasteiger partial charge is 0.0654 e. The molecule has 0 saturated carbocycles. The molecule has 0 rings (SSSR count). The molecule has 2 atom stereocenters. The highest BCUT2D eigenvalue weighted by Crippen LogP contribution is 2.27. The lowest BCUT2D eigenvalue weighted by atomic mass is 9.85. The minimum absolute atomic E-state index is 0.957. The predicted molar refractivity (Wildman–Crippen MR) is 113 cm³/mol. The Kier molecular flexibility index (Phi) is 19.3. The van der Waals surface area contributed by atoms with Crippen molar-refractivity contribution in [2.75, 3.05) is 0 Å². The van der Waals surface area contributed by atoms with Gasteiger partial charge in [0.25, 0.3) is 0 Å². The lowest BCUT2D eigenvalue weighted by Crippen LogP contribution is -2.07. The Balaban J connectivity index is 3.85. The quantitative estimate of drug-likeness (QED) is 0.206. The summed E-state index contributed by atoms with van der Waals surface area (Å²) >= 11 is 0. The first-order chi connectivity index (χ1) is 11.7. The number of hydrogen-bond donors (Lipinski definition) is 0. The van der Waals surface area contributed by atoms with Crippen LogP contribution in [0.5, 0.6) is 0 Å². The molecular weight excluding hydrogens is 288 g/mol. The molecule has 2 unspecified atom stereocenters. The van der Waals surface area contributed by atoms with Crippen LogP contribution in [-0.4, -0.2) is 0 Å². The normalized spacial score (nSPS) is 14.0. The smallest absolute Gasteiger partial charge is 0.0412 e. The van der Waals surface area contributed by atoms with E-state index in [1.165, 1.54) is 116 Å². The molecule has 0 aromatic rings. The zero-order chi connectivity index (χ0) is 17.9. The van der Waals surface area contributed by atoms with E-state index in [4.69, 9.17) is 0 Å². The molecule has 0 radical (unpaired) electrons. The van der Waals surface area contributed by atoms with Gasteiger partial charge in [-0.3, -0.25) is 0 Å². The first-order valence-corrected chi connectivity index (χ1v) is 11.7. The van der Waals surface area contributed by atoms with Gasteiger partial charge in [0.1, 0.15) is 0 Å². The van der Waals surface area contributed by atoms with Crippen molar-refractivity contribution < 1.29 is 0 Å². The highest BCUT2D eigenvalue weighted by atomic mass is 14.2. The van der Waals surface area contributed by atoms with E-state index in [1.807, 2.05) is 0 Å². The van der Waals surface area contributed by atoms with Crippen molar-refractivity contribution in [2.45, 2.75) is 143 Å². The standard InChI is InChI=1S/C24H50/c1-5-8-11-13-15-17-19-23(4)22-24(20-16-10-7-3)21-18-14-12-9-6-2/h23-24H,5-22H2,1-4H3. The molecule has 0 spiro atoms.